The first kappa shape index (κ1) is 15.5. The SMILES string of the molecule is COc1ccnc(C(=O)N2C[C@@H](Cc3cc(C)[nH]n3)[C@H](O)C2)c1. The van der Waals surface area contributed by atoms with Crippen LogP contribution in [0.1, 0.15) is 21.9 Å². The van der Waals surface area contributed by atoms with E-state index in [0.29, 0.717) is 31.0 Å². The lowest BCUT2D eigenvalue weighted by Gasteiger charge is -2.15. The maximum Gasteiger partial charge on any atom is 0.272 e. The van der Waals surface area contributed by atoms with Crippen molar-refractivity contribution in [3.05, 3.63) is 41.5 Å². The molecular formula is C16H20N4O3. The molecule has 3 heterocycles. The van der Waals surface area contributed by atoms with Crippen molar-refractivity contribution in [3.8, 4) is 5.75 Å². The first-order chi connectivity index (χ1) is 11.1. The first-order valence-corrected chi connectivity index (χ1v) is 7.55. The second-order valence-electron chi connectivity index (χ2n) is 5.86. The summed E-state index contributed by atoms with van der Waals surface area (Å²) in [7, 11) is 1.55. The number of hydrogen-bond acceptors (Lipinski definition) is 5. The lowest BCUT2D eigenvalue weighted by molar-refractivity contribution is 0.0758. The Balaban J connectivity index is 1.68. The van der Waals surface area contributed by atoms with Gasteiger partial charge >= 0.3 is 0 Å². The van der Waals surface area contributed by atoms with Gasteiger partial charge in [0.1, 0.15) is 11.4 Å². The van der Waals surface area contributed by atoms with Crippen molar-refractivity contribution in [2.45, 2.75) is 19.4 Å². The third-order valence-corrected chi connectivity index (χ3v) is 4.11. The standard InChI is InChI=1S/C16H20N4O3/c1-10-5-12(19-18-10)6-11-8-20(9-15(11)21)16(22)14-7-13(23-2)3-4-17-14/h3-5,7,11,15,21H,6,8-9H2,1-2H3,(H,18,19)/t11-,15-/m1/s1. The number of aromatic amines is 1. The number of aliphatic hydroxyl groups is 1. The van der Waals surface area contributed by atoms with Gasteiger partial charge in [0.05, 0.1) is 18.9 Å². The van der Waals surface area contributed by atoms with Crippen LogP contribution in [0.2, 0.25) is 0 Å². The molecule has 0 aliphatic carbocycles. The number of rotatable bonds is 4. The van der Waals surface area contributed by atoms with Crippen LogP contribution in [0.15, 0.2) is 24.4 Å². The van der Waals surface area contributed by atoms with E-state index in [0.717, 1.165) is 11.4 Å². The molecule has 0 radical (unpaired) electrons. The van der Waals surface area contributed by atoms with Gasteiger partial charge in [-0.25, -0.2) is 0 Å². The van der Waals surface area contributed by atoms with Gasteiger partial charge in [-0.1, -0.05) is 0 Å². The van der Waals surface area contributed by atoms with Crippen LogP contribution < -0.4 is 4.74 Å². The number of aryl methyl sites for hydroxylation is 1. The summed E-state index contributed by atoms with van der Waals surface area (Å²) in [5.74, 6) is 0.377. The van der Waals surface area contributed by atoms with Gasteiger partial charge in [0, 0.05) is 37.0 Å². The summed E-state index contributed by atoms with van der Waals surface area (Å²) in [6, 6.07) is 5.26. The highest BCUT2D eigenvalue weighted by atomic mass is 16.5. The molecule has 2 aromatic heterocycles. The second-order valence-corrected chi connectivity index (χ2v) is 5.86. The van der Waals surface area contributed by atoms with Crippen LogP contribution in [0.5, 0.6) is 5.75 Å². The molecule has 7 nitrogen and oxygen atoms in total. The molecule has 2 atom stereocenters. The monoisotopic (exact) mass is 316 g/mol. The molecule has 1 saturated heterocycles. The molecule has 2 aromatic rings. The Kier molecular flexibility index (Phi) is 4.29. The number of hydrogen-bond donors (Lipinski definition) is 2. The van der Waals surface area contributed by atoms with E-state index in [-0.39, 0.29) is 11.8 Å². The van der Waals surface area contributed by atoms with Crippen molar-refractivity contribution in [1.82, 2.24) is 20.1 Å². The Morgan fingerprint density at radius 3 is 3.00 bits per heavy atom. The quantitative estimate of drug-likeness (QED) is 0.870. The molecule has 0 saturated carbocycles. The smallest absolute Gasteiger partial charge is 0.272 e. The summed E-state index contributed by atoms with van der Waals surface area (Å²) in [4.78, 5) is 18.3. The van der Waals surface area contributed by atoms with Crippen LogP contribution >= 0.6 is 0 Å². The van der Waals surface area contributed by atoms with E-state index in [1.807, 2.05) is 13.0 Å². The number of ether oxygens (including phenoxy) is 1. The van der Waals surface area contributed by atoms with Crippen LogP contribution in [0.4, 0.5) is 0 Å². The number of nitrogens with one attached hydrogen (secondary N) is 1. The van der Waals surface area contributed by atoms with Crippen molar-refractivity contribution in [3.63, 3.8) is 0 Å². The number of pyridine rings is 1. The average molecular weight is 316 g/mol. The van der Waals surface area contributed by atoms with Crippen LogP contribution in [0.25, 0.3) is 0 Å². The zero-order valence-corrected chi connectivity index (χ0v) is 13.2. The largest absolute Gasteiger partial charge is 0.497 e. The normalized spacial score (nSPS) is 20.7. The highest BCUT2D eigenvalue weighted by Gasteiger charge is 2.35. The Bertz CT molecular complexity index is 700. The summed E-state index contributed by atoms with van der Waals surface area (Å²) in [6.07, 6.45) is 1.63. The molecule has 7 heteroatoms. The molecule has 23 heavy (non-hydrogen) atoms. The number of likely N-dealkylation sites (tertiary alicyclic amines) is 1. The third-order valence-electron chi connectivity index (χ3n) is 4.11. The highest BCUT2D eigenvalue weighted by Crippen LogP contribution is 2.23. The van der Waals surface area contributed by atoms with Crippen molar-refractivity contribution < 1.29 is 14.6 Å². The minimum atomic E-state index is -0.554. The number of methoxy groups -OCH3 is 1. The summed E-state index contributed by atoms with van der Waals surface area (Å²) in [5, 5.41) is 17.3. The van der Waals surface area contributed by atoms with Gasteiger partial charge in [0.15, 0.2) is 0 Å². The van der Waals surface area contributed by atoms with Crippen molar-refractivity contribution >= 4 is 5.91 Å². The molecular weight excluding hydrogens is 296 g/mol. The zero-order valence-electron chi connectivity index (χ0n) is 13.2. The number of aliphatic hydroxyl groups excluding tert-OH is 1. The van der Waals surface area contributed by atoms with E-state index >= 15 is 0 Å². The summed E-state index contributed by atoms with van der Waals surface area (Å²) in [6.45, 7) is 2.74. The predicted octanol–water partition coefficient (Wildman–Crippen LogP) is 0.797. The lowest BCUT2D eigenvalue weighted by atomic mass is 10.0. The van der Waals surface area contributed by atoms with E-state index in [1.54, 1.807) is 30.3 Å². The average Bonchev–Trinajstić information content (AvgIpc) is 3.13. The van der Waals surface area contributed by atoms with E-state index in [1.165, 1.54) is 0 Å². The van der Waals surface area contributed by atoms with Gasteiger partial charge in [0.2, 0.25) is 0 Å². The zero-order chi connectivity index (χ0) is 16.4. The molecule has 1 amide bonds. The van der Waals surface area contributed by atoms with Gasteiger partial charge in [0.25, 0.3) is 5.91 Å². The maximum absolute atomic E-state index is 12.5. The van der Waals surface area contributed by atoms with E-state index in [9.17, 15) is 9.90 Å². The molecule has 3 rings (SSSR count). The van der Waals surface area contributed by atoms with E-state index in [4.69, 9.17) is 4.74 Å². The number of H-pyrrole nitrogens is 1. The Morgan fingerprint density at radius 1 is 1.48 bits per heavy atom. The van der Waals surface area contributed by atoms with E-state index in [2.05, 4.69) is 15.2 Å². The van der Waals surface area contributed by atoms with Gasteiger partial charge in [-0.2, -0.15) is 5.10 Å². The minimum Gasteiger partial charge on any atom is -0.497 e. The topological polar surface area (TPSA) is 91.3 Å². The van der Waals surface area contributed by atoms with Crippen LogP contribution in [-0.2, 0) is 6.42 Å². The van der Waals surface area contributed by atoms with Crippen molar-refractivity contribution in [1.29, 1.82) is 0 Å². The second kappa shape index (κ2) is 6.37. The summed E-state index contributed by atoms with van der Waals surface area (Å²) in [5.41, 5.74) is 2.22. The molecule has 2 N–H and O–H groups in total. The summed E-state index contributed by atoms with van der Waals surface area (Å²) >= 11 is 0. The molecule has 1 aliphatic rings. The molecule has 122 valence electrons. The van der Waals surface area contributed by atoms with Crippen LogP contribution in [0.3, 0.4) is 0 Å². The lowest BCUT2D eigenvalue weighted by Crippen LogP contribution is -2.30. The van der Waals surface area contributed by atoms with Gasteiger partial charge in [-0.15, -0.1) is 0 Å². The molecule has 1 fully saturated rings. The Morgan fingerprint density at radius 2 is 2.30 bits per heavy atom. The van der Waals surface area contributed by atoms with Crippen LogP contribution in [0, 0.1) is 12.8 Å². The highest BCUT2D eigenvalue weighted by molar-refractivity contribution is 5.92. The van der Waals surface area contributed by atoms with Gasteiger partial charge in [-0.3, -0.25) is 14.9 Å². The van der Waals surface area contributed by atoms with Gasteiger partial charge < -0.3 is 14.7 Å². The molecule has 1 aliphatic heterocycles. The number of carbonyl (C=O) groups is 1. The van der Waals surface area contributed by atoms with Crippen LogP contribution in [-0.4, -0.2) is 57.4 Å². The number of β-amino-alcohol motifs (C(OH)–C–C–N with tert-alkyl or cyclic N) is 1. The van der Waals surface area contributed by atoms with E-state index < -0.39 is 6.10 Å². The predicted molar refractivity (Wildman–Crippen MR) is 83.2 cm³/mol. The van der Waals surface area contributed by atoms with Crippen molar-refractivity contribution in [2.75, 3.05) is 20.2 Å². The Labute approximate surface area is 134 Å². The molecule has 0 bridgehead atoms. The fraction of sp³-hybridized carbons (Fsp3) is 0.438. The number of aromatic nitrogens is 3. The number of amides is 1. The molecule has 0 spiro atoms. The third kappa shape index (κ3) is 3.34. The number of nitrogens with zero attached hydrogens (tertiary/aromatic N) is 3. The fourth-order valence-corrected chi connectivity index (χ4v) is 2.89. The number of carbonyl (C=O) groups excluding carboxylic acids is 1. The van der Waals surface area contributed by atoms with Gasteiger partial charge in [-0.05, 0) is 25.5 Å². The fourth-order valence-electron chi connectivity index (χ4n) is 2.89. The summed E-state index contributed by atoms with van der Waals surface area (Å²) < 4.78 is 5.12. The first-order valence-electron chi connectivity index (χ1n) is 7.55. The molecule has 0 aromatic carbocycles. The van der Waals surface area contributed by atoms with Crippen molar-refractivity contribution in [2.24, 2.45) is 5.92 Å². The maximum atomic E-state index is 12.5. The Hall–Kier alpha value is -2.41. The molecule has 0 unspecified atom stereocenters. The minimum absolute atomic E-state index is 0.0211.